The molecule has 54 heavy (non-hydrogen) atoms. The Morgan fingerprint density at radius 3 is 1.80 bits per heavy atom. The van der Waals surface area contributed by atoms with Crippen LogP contribution in [0.1, 0.15) is 60.1 Å². The van der Waals surface area contributed by atoms with Crippen LogP contribution in [0.25, 0.3) is 0 Å². The molecule has 0 aliphatic carbocycles. The molecule has 0 unspecified atom stereocenters. The number of nitrogen functional groups attached to an aromatic ring is 2. The van der Waals surface area contributed by atoms with E-state index in [1.54, 1.807) is 0 Å². The van der Waals surface area contributed by atoms with E-state index < -0.39 is 5.91 Å². The number of nitrogens with zero attached hydrogens (tertiary/aromatic N) is 3. The molecule has 1 aliphatic rings. The number of nitrogens with two attached hydrogens (primary N) is 2. The summed E-state index contributed by atoms with van der Waals surface area (Å²) in [5.74, 6) is 0.235. The van der Waals surface area contributed by atoms with Gasteiger partial charge in [-0.15, -0.1) is 0 Å². The first-order valence-corrected chi connectivity index (χ1v) is 18.9. The second kappa shape index (κ2) is 21.9. The first-order valence-electron chi connectivity index (χ1n) is 18.5. The van der Waals surface area contributed by atoms with Gasteiger partial charge in [-0.1, -0.05) is 35.9 Å². The molecule has 3 amide bonds. The number of rotatable bonds is 22. The highest BCUT2D eigenvalue weighted by Crippen LogP contribution is 2.25. The number of piperidine rings is 1. The quantitative estimate of drug-likeness (QED) is 0.0579. The lowest BCUT2D eigenvalue weighted by atomic mass is 9.99. The highest BCUT2D eigenvalue weighted by atomic mass is 35.5. The van der Waals surface area contributed by atoms with Crippen molar-refractivity contribution in [2.75, 3.05) is 77.2 Å². The normalized spacial score (nSPS) is 14.9. The maximum Gasteiger partial charge on any atom is 0.274 e. The number of nitrogens with one attached hydrogen (secondary N) is 3. The van der Waals surface area contributed by atoms with Gasteiger partial charge in [-0.25, -0.2) is 9.97 Å². The van der Waals surface area contributed by atoms with Crippen molar-refractivity contribution in [3.63, 3.8) is 0 Å². The number of hydrogen-bond acceptors (Lipinski definition) is 11. The van der Waals surface area contributed by atoms with Gasteiger partial charge >= 0.3 is 0 Å². The fourth-order valence-electron chi connectivity index (χ4n) is 6.58. The lowest BCUT2D eigenvalue weighted by molar-refractivity contribution is -0.933. The van der Waals surface area contributed by atoms with E-state index in [1.807, 2.05) is 48.5 Å². The molecule has 1 saturated heterocycles. The largest absolute Gasteiger partial charge is 0.484 e. The van der Waals surface area contributed by atoms with Crippen LogP contribution in [0.2, 0.25) is 5.15 Å². The lowest BCUT2D eigenvalue weighted by Gasteiger charge is -2.45. The number of ether oxygens (including phenoxy) is 2. The Morgan fingerprint density at radius 1 is 0.778 bits per heavy atom. The van der Waals surface area contributed by atoms with E-state index in [0.29, 0.717) is 37.4 Å². The van der Waals surface area contributed by atoms with Crippen LogP contribution in [0.15, 0.2) is 48.5 Å². The number of aliphatic hydroxyl groups excluding tert-OH is 2. The average Bonchev–Trinajstić information content (AvgIpc) is 3.16. The minimum atomic E-state index is -0.429. The molecular weight excluding hydrogens is 716 g/mol. The van der Waals surface area contributed by atoms with Gasteiger partial charge in [-0.05, 0) is 73.9 Å². The molecule has 3 aromatic rings. The van der Waals surface area contributed by atoms with E-state index in [9.17, 15) is 14.4 Å². The van der Waals surface area contributed by atoms with Crippen LogP contribution in [-0.4, -0.2) is 114 Å². The topological polar surface area (TPSA) is 224 Å². The number of likely N-dealkylation sites (tertiary alicyclic amines) is 1. The molecule has 1 fully saturated rings. The number of quaternary nitrogens is 1. The molecule has 15 nitrogen and oxygen atoms in total. The summed E-state index contributed by atoms with van der Waals surface area (Å²) in [5.41, 5.74) is 14.0. The van der Waals surface area contributed by atoms with E-state index in [0.717, 1.165) is 80.3 Å². The molecule has 2 aromatic carbocycles. The minimum Gasteiger partial charge on any atom is -0.484 e. The minimum absolute atomic E-state index is 0.0226. The maximum atomic E-state index is 13.3. The maximum absolute atomic E-state index is 13.3. The van der Waals surface area contributed by atoms with Crippen LogP contribution in [0.5, 0.6) is 11.5 Å². The molecule has 4 rings (SSSR count). The predicted octanol–water partition coefficient (Wildman–Crippen LogP) is 2.02. The van der Waals surface area contributed by atoms with E-state index in [2.05, 4.69) is 25.9 Å². The third-order valence-electron chi connectivity index (χ3n) is 9.34. The van der Waals surface area contributed by atoms with Gasteiger partial charge < -0.3 is 51.6 Å². The third kappa shape index (κ3) is 13.9. The van der Waals surface area contributed by atoms with Crippen molar-refractivity contribution in [2.45, 2.75) is 57.4 Å². The van der Waals surface area contributed by atoms with Crippen molar-refractivity contribution in [3.8, 4) is 11.5 Å². The van der Waals surface area contributed by atoms with Gasteiger partial charge in [0.05, 0.1) is 32.2 Å². The van der Waals surface area contributed by atoms with Crippen molar-refractivity contribution in [1.82, 2.24) is 25.9 Å². The van der Waals surface area contributed by atoms with Crippen molar-refractivity contribution in [2.24, 2.45) is 0 Å². The molecule has 0 saturated carbocycles. The van der Waals surface area contributed by atoms with Gasteiger partial charge in [0.15, 0.2) is 35.7 Å². The second-order valence-corrected chi connectivity index (χ2v) is 13.9. The molecular formula is C38H54ClN8O7+. The Hall–Kier alpha value is -4.70. The summed E-state index contributed by atoms with van der Waals surface area (Å²) in [6.45, 7) is 4.26. The number of aromatic nitrogens is 2. The first-order chi connectivity index (χ1) is 26.1. The average molecular weight is 770 g/mol. The fraction of sp³-hybridized carbons (Fsp3) is 0.500. The summed E-state index contributed by atoms with van der Waals surface area (Å²) in [5, 5.41) is 26.2. The molecule has 0 spiro atoms. The monoisotopic (exact) mass is 769 g/mol. The van der Waals surface area contributed by atoms with Gasteiger partial charge in [0.1, 0.15) is 11.5 Å². The summed E-state index contributed by atoms with van der Waals surface area (Å²) in [4.78, 5) is 45.2. The number of hydrogen-bond donors (Lipinski definition) is 7. The summed E-state index contributed by atoms with van der Waals surface area (Å²) < 4.78 is 12.1. The zero-order valence-corrected chi connectivity index (χ0v) is 31.5. The second-order valence-electron chi connectivity index (χ2n) is 13.6. The van der Waals surface area contributed by atoms with Gasteiger partial charge in [-0.3, -0.25) is 14.4 Å². The smallest absolute Gasteiger partial charge is 0.274 e. The Labute approximate surface area is 321 Å². The van der Waals surface area contributed by atoms with Crippen molar-refractivity contribution < 1.29 is 38.6 Å². The Kier molecular flexibility index (Phi) is 17.0. The highest BCUT2D eigenvalue weighted by molar-refractivity contribution is 6.31. The number of carbonyl (C=O) groups excluding carboxylic acids is 3. The number of benzene rings is 2. The summed E-state index contributed by atoms with van der Waals surface area (Å²) in [6, 6.07) is 15.5. The van der Waals surface area contributed by atoms with Crippen LogP contribution in [0, 0.1) is 0 Å². The van der Waals surface area contributed by atoms with E-state index in [1.165, 1.54) is 0 Å². The molecule has 1 atom stereocenters. The SMILES string of the molecule is Nc1nc(N)c(C(=O)N[C@H]2CCC[N+](CCCc3ccc(OCC(=O)NCCCO)cc3)(CCCc3ccc(OCC(=O)NCCCO)cc3)C2)nc1Cl. The van der Waals surface area contributed by atoms with Crippen LogP contribution in [0.4, 0.5) is 11.6 Å². The Morgan fingerprint density at radius 2 is 1.30 bits per heavy atom. The highest BCUT2D eigenvalue weighted by Gasteiger charge is 2.35. The molecule has 2 heterocycles. The zero-order chi connectivity index (χ0) is 38.8. The molecule has 0 radical (unpaired) electrons. The van der Waals surface area contributed by atoms with Crippen molar-refractivity contribution in [1.29, 1.82) is 0 Å². The molecule has 1 aliphatic heterocycles. The number of aryl methyl sites for hydroxylation is 2. The van der Waals surface area contributed by atoms with E-state index >= 15 is 0 Å². The van der Waals surface area contributed by atoms with Crippen LogP contribution in [0.3, 0.4) is 0 Å². The zero-order valence-electron chi connectivity index (χ0n) is 30.7. The molecule has 16 heteroatoms. The van der Waals surface area contributed by atoms with Gasteiger partial charge in [-0.2, -0.15) is 0 Å². The number of amides is 3. The summed E-state index contributed by atoms with van der Waals surface area (Å²) in [6.07, 6.45) is 6.34. The Bertz CT molecular complexity index is 1570. The van der Waals surface area contributed by atoms with Crippen LogP contribution in [-0.2, 0) is 22.4 Å². The van der Waals surface area contributed by atoms with Crippen molar-refractivity contribution >= 4 is 41.0 Å². The van der Waals surface area contributed by atoms with Crippen molar-refractivity contribution in [3.05, 3.63) is 70.5 Å². The summed E-state index contributed by atoms with van der Waals surface area (Å²) >= 11 is 6.05. The summed E-state index contributed by atoms with van der Waals surface area (Å²) in [7, 11) is 0. The molecule has 0 bridgehead atoms. The van der Waals surface area contributed by atoms with Crippen LogP contribution < -0.4 is 36.9 Å². The fourth-order valence-corrected chi connectivity index (χ4v) is 6.70. The molecule has 9 N–H and O–H groups in total. The van der Waals surface area contributed by atoms with Crippen LogP contribution >= 0.6 is 11.6 Å². The first kappa shape index (κ1) is 42.0. The van der Waals surface area contributed by atoms with E-state index in [-0.39, 0.29) is 66.8 Å². The predicted molar refractivity (Wildman–Crippen MR) is 206 cm³/mol. The molecule has 1 aromatic heterocycles. The standard InChI is InChI=1S/C38H53ClN8O7/c39-35-37(41)46-36(40)34(45-35)38(52)44-29-8-3-21-47(24-29,19-1-6-27-9-13-30(14-10-27)53-25-32(50)42-17-4-22-48)20-2-7-28-11-15-31(16-12-28)54-26-33(51)43-18-5-23-49/h9-16,29,48-49H,1-8,17-26H2,(H6-,40,41,42,43,44,46,50,51,52)/p+1/t29-/m0/s1. The number of halogens is 1. The lowest BCUT2D eigenvalue weighted by Crippen LogP contribution is -2.60. The third-order valence-corrected chi connectivity index (χ3v) is 9.62. The van der Waals surface area contributed by atoms with Gasteiger partial charge in [0, 0.05) is 39.1 Å². The van der Waals surface area contributed by atoms with E-state index in [4.69, 9.17) is 42.8 Å². The molecule has 294 valence electrons. The Balaban J connectivity index is 1.35. The van der Waals surface area contributed by atoms with Gasteiger partial charge in [0.2, 0.25) is 0 Å². The number of aliphatic hydroxyl groups is 2. The number of carbonyl (C=O) groups is 3. The number of anilines is 2. The van der Waals surface area contributed by atoms with Gasteiger partial charge in [0.25, 0.3) is 17.7 Å².